The van der Waals surface area contributed by atoms with E-state index in [1.165, 1.54) is 5.69 Å². The largest absolute Gasteiger partial charge is 0.393 e. The minimum Gasteiger partial charge on any atom is -0.393 e. The first-order valence-electron chi connectivity index (χ1n) is 5.97. The predicted molar refractivity (Wildman–Crippen MR) is 63.2 cm³/mol. The molecule has 1 saturated carbocycles. The molecular formula is C12H21N3O. The van der Waals surface area contributed by atoms with E-state index in [4.69, 9.17) is 5.73 Å². The average molecular weight is 223 g/mol. The monoisotopic (exact) mass is 223 g/mol. The summed E-state index contributed by atoms with van der Waals surface area (Å²) in [7, 11) is 1.98. The summed E-state index contributed by atoms with van der Waals surface area (Å²) >= 11 is 0. The summed E-state index contributed by atoms with van der Waals surface area (Å²) < 4.78 is 1.94. The van der Waals surface area contributed by atoms with Gasteiger partial charge in [-0.25, -0.2) is 0 Å². The van der Waals surface area contributed by atoms with E-state index in [9.17, 15) is 5.11 Å². The van der Waals surface area contributed by atoms with Crippen molar-refractivity contribution in [3.8, 4) is 0 Å². The molecule has 3 N–H and O–H groups in total. The lowest BCUT2D eigenvalue weighted by atomic mass is 9.71. The Morgan fingerprint density at radius 2 is 2.19 bits per heavy atom. The number of aliphatic hydroxyl groups is 1. The lowest BCUT2D eigenvalue weighted by molar-refractivity contribution is 0.0949. The first-order valence-corrected chi connectivity index (χ1v) is 5.97. The van der Waals surface area contributed by atoms with Gasteiger partial charge >= 0.3 is 0 Å². The Morgan fingerprint density at radius 3 is 2.62 bits per heavy atom. The molecule has 0 radical (unpaired) electrons. The molecule has 0 atom stereocenters. The molecule has 0 spiro atoms. The Labute approximate surface area is 96.5 Å². The molecule has 1 aromatic rings. The predicted octanol–water partition coefficient (Wildman–Crippen LogP) is 0.860. The highest BCUT2D eigenvalue weighted by Gasteiger charge is 2.37. The standard InChI is InChI=1S/C12H21N3O/c1-9-7-11(15(2)14-9)12(8-13)5-3-10(16)4-6-12/h7,10,16H,3-6,8,13H2,1-2H3. The summed E-state index contributed by atoms with van der Waals surface area (Å²) in [5.41, 5.74) is 8.25. The van der Waals surface area contributed by atoms with Gasteiger partial charge in [0, 0.05) is 24.7 Å². The lowest BCUT2D eigenvalue weighted by Crippen LogP contribution is -2.41. The van der Waals surface area contributed by atoms with Gasteiger partial charge in [-0.1, -0.05) is 0 Å². The van der Waals surface area contributed by atoms with Gasteiger partial charge in [0.15, 0.2) is 0 Å². The van der Waals surface area contributed by atoms with Crippen LogP contribution in [0.2, 0.25) is 0 Å². The minimum atomic E-state index is -0.144. The molecule has 1 aliphatic carbocycles. The van der Waals surface area contributed by atoms with Gasteiger partial charge < -0.3 is 10.8 Å². The van der Waals surface area contributed by atoms with E-state index in [0.717, 1.165) is 31.4 Å². The van der Waals surface area contributed by atoms with E-state index in [1.807, 2.05) is 18.7 Å². The highest BCUT2D eigenvalue weighted by Crippen LogP contribution is 2.38. The third-order valence-corrected chi connectivity index (χ3v) is 3.85. The zero-order valence-corrected chi connectivity index (χ0v) is 10.1. The van der Waals surface area contributed by atoms with Gasteiger partial charge in [-0.2, -0.15) is 5.10 Å². The molecular weight excluding hydrogens is 202 g/mol. The zero-order chi connectivity index (χ0) is 11.8. The second kappa shape index (κ2) is 4.18. The van der Waals surface area contributed by atoms with Crippen molar-refractivity contribution in [3.63, 3.8) is 0 Å². The number of aryl methyl sites for hydroxylation is 2. The highest BCUT2D eigenvalue weighted by atomic mass is 16.3. The van der Waals surface area contributed by atoms with Crippen molar-refractivity contribution in [1.82, 2.24) is 9.78 Å². The lowest BCUT2D eigenvalue weighted by Gasteiger charge is -2.38. The molecule has 2 rings (SSSR count). The third kappa shape index (κ3) is 1.87. The molecule has 1 fully saturated rings. The third-order valence-electron chi connectivity index (χ3n) is 3.85. The molecule has 0 aliphatic heterocycles. The maximum Gasteiger partial charge on any atom is 0.0596 e. The maximum absolute atomic E-state index is 9.60. The number of rotatable bonds is 2. The number of nitrogens with zero attached hydrogens (tertiary/aromatic N) is 2. The first-order chi connectivity index (χ1) is 7.57. The van der Waals surface area contributed by atoms with Crippen LogP contribution in [-0.4, -0.2) is 27.5 Å². The van der Waals surface area contributed by atoms with Crippen LogP contribution in [0, 0.1) is 6.92 Å². The van der Waals surface area contributed by atoms with E-state index in [2.05, 4.69) is 11.2 Å². The fourth-order valence-electron chi connectivity index (χ4n) is 2.83. The first kappa shape index (κ1) is 11.6. The van der Waals surface area contributed by atoms with Gasteiger partial charge in [0.2, 0.25) is 0 Å². The minimum absolute atomic E-state index is 0.0231. The van der Waals surface area contributed by atoms with E-state index < -0.39 is 0 Å². The van der Waals surface area contributed by atoms with Crippen molar-refractivity contribution >= 4 is 0 Å². The van der Waals surface area contributed by atoms with Crippen molar-refractivity contribution in [2.45, 2.75) is 44.1 Å². The number of aromatic nitrogens is 2. The molecule has 1 aromatic heterocycles. The Hall–Kier alpha value is -0.870. The number of aliphatic hydroxyl groups excluding tert-OH is 1. The van der Waals surface area contributed by atoms with Crippen LogP contribution < -0.4 is 5.73 Å². The van der Waals surface area contributed by atoms with Crippen molar-refractivity contribution < 1.29 is 5.11 Å². The molecule has 4 heteroatoms. The fourth-order valence-corrected chi connectivity index (χ4v) is 2.83. The zero-order valence-electron chi connectivity index (χ0n) is 10.1. The molecule has 0 saturated heterocycles. The van der Waals surface area contributed by atoms with Crippen molar-refractivity contribution in [2.75, 3.05) is 6.54 Å². The van der Waals surface area contributed by atoms with Gasteiger partial charge in [0.25, 0.3) is 0 Å². The van der Waals surface area contributed by atoms with Crippen LogP contribution in [0.4, 0.5) is 0 Å². The summed E-state index contributed by atoms with van der Waals surface area (Å²) in [6.07, 6.45) is 3.48. The Balaban J connectivity index is 2.31. The molecule has 90 valence electrons. The molecule has 16 heavy (non-hydrogen) atoms. The molecule has 0 bridgehead atoms. The van der Waals surface area contributed by atoms with Crippen LogP contribution in [-0.2, 0) is 12.5 Å². The SMILES string of the molecule is Cc1cc(C2(CN)CCC(O)CC2)n(C)n1. The fraction of sp³-hybridized carbons (Fsp3) is 0.750. The normalized spacial score (nSPS) is 30.6. The van der Waals surface area contributed by atoms with Gasteiger partial charge in [-0.15, -0.1) is 0 Å². The van der Waals surface area contributed by atoms with Crippen LogP contribution in [0.5, 0.6) is 0 Å². The van der Waals surface area contributed by atoms with Gasteiger partial charge in [0.1, 0.15) is 0 Å². The summed E-state index contributed by atoms with van der Waals surface area (Å²) in [6.45, 7) is 2.64. The summed E-state index contributed by atoms with van der Waals surface area (Å²) in [5, 5.41) is 14.0. The Kier molecular flexibility index (Phi) is 3.04. The van der Waals surface area contributed by atoms with Crippen LogP contribution in [0.15, 0.2) is 6.07 Å². The van der Waals surface area contributed by atoms with Crippen molar-refractivity contribution in [1.29, 1.82) is 0 Å². The second-order valence-electron chi connectivity index (χ2n) is 5.01. The molecule has 4 nitrogen and oxygen atoms in total. The molecule has 0 aromatic carbocycles. The van der Waals surface area contributed by atoms with Crippen LogP contribution in [0.3, 0.4) is 0 Å². The van der Waals surface area contributed by atoms with Crippen LogP contribution in [0.1, 0.15) is 37.1 Å². The number of nitrogens with two attached hydrogens (primary N) is 1. The van der Waals surface area contributed by atoms with E-state index in [1.54, 1.807) is 0 Å². The summed E-state index contributed by atoms with van der Waals surface area (Å²) in [4.78, 5) is 0. The highest BCUT2D eigenvalue weighted by molar-refractivity contribution is 5.22. The van der Waals surface area contributed by atoms with Crippen molar-refractivity contribution in [3.05, 3.63) is 17.5 Å². The average Bonchev–Trinajstić information content (AvgIpc) is 2.60. The van der Waals surface area contributed by atoms with Crippen molar-refractivity contribution in [2.24, 2.45) is 12.8 Å². The topological polar surface area (TPSA) is 64.1 Å². The smallest absolute Gasteiger partial charge is 0.0596 e. The summed E-state index contributed by atoms with van der Waals surface area (Å²) in [6, 6.07) is 2.13. The quantitative estimate of drug-likeness (QED) is 0.781. The molecule has 1 heterocycles. The van der Waals surface area contributed by atoms with E-state index in [0.29, 0.717) is 6.54 Å². The van der Waals surface area contributed by atoms with Crippen LogP contribution >= 0.6 is 0 Å². The molecule has 0 unspecified atom stereocenters. The van der Waals surface area contributed by atoms with E-state index in [-0.39, 0.29) is 11.5 Å². The van der Waals surface area contributed by atoms with Gasteiger partial charge in [-0.3, -0.25) is 4.68 Å². The second-order valence-corrected chi connectivity index (χ2v) is 5.01. The Bertz CT molecular complexity index is 364. The maximum atomic E-state index is 9.60. The summed E-state index contributed by atoms with van der Waals surface area (Å²) in [5.74, 6) is 0. The molecule has 1 aliphatic rings. The van der Waals surface area contributed by atoms with Gasteiger partial charge in [-0.05, 0) is 38.7 Å². The van der Waals surface area contributed by atoms with E-state index >= 15 is 0 Å². The Morgan fingerprint density at radius 1 is 1.56 bits per heavy atom. The van der Waals surface area contributed by atoms with Crippen LogP contribution in [0.25, 0.3) is 0 Å². The molecule has 0 amide bonds. The number of hydrogen-bond acceptors (Lipinski definition) is 3. The van der Waals surface area contributed by atoms with Gasteiger partial charge in [0.05, 0.1) is 11.8 Å². The number of hydrogen-bond donors (Lipinski definition) is 2.